The number of hydrogen-bond donors (Lipinski definition) is 1. The van der Waals surface area contributed by atoms with Gasteiger partial charge in [-0.3, -0.25) is 4.68 Å². The zero-order valence-corrected chi connectivity index (χ0v) is 14.2. The average molecular weight is 387 g/mol. The van der Waals surface area contributed by atoms with Crippen LogP contribution in [0.1, 0.15) is 30.6 Å². The van der Waals surface area contributed by atoms with Crippen LogP contribution in [0.5, 0.6) is 0 Å². The Morgan fingerprint density at radius 2 is 2.00 bits per heavy atom. The van der Waals surface area contributed by atoms with Gasteiger partial charge in [-0.25, -0.2) is 0 Å². The number of nitrogens with one attached hydrogen (secondary N) is 1. The van der Waals surface area contributed by atoms with Crippen LogP contribution in [0.25, 0.3) is 0 Å². The van der Waals surface area contributed by atoms with Crippen molar-refractivity contribution in [1.82, 2.24) is 15.1 Å². The van der Waals surface area contributed by atoms with Crippen LogP contribution in [0.2, 0.25) is 0 Å². The number of nitrogens with zero attached hydrogens (tertiary/aromatic N) is 2. The van der Waals surface area contributed by atoms with Crippen LogP contribution in [0.4, 0.5) is 0 Å². The molecule has 1 N–H and O–H groups in total. The Balaban J connectivity index is 2.48. The Kier molecular flexibility index (Phi) is 5.19. The molecule has 0 aliphatic carbocycles. The van der Waals surface area contributed by atoms with Crippen molar-refractivity contribution in [2.75, 3.05) is 7.05 Å². The van der Waals surface area contributed by atoms with E-state index in [0.29, 0.717) is 0 Å². The largest absolute Gasteiger partial charge is 0.308 e. The third-order valence-corrected chi connectivity index (χ3v) is 4.38. The van der Waals surface area contributed by atoms with E-state index in [1.165, 1.54) is 5.56 Å². The van der Waals surface area contributed by atoms with Gasteiger partial charge in [-0.1, -0.05) is 41.1 Å². The zero-order chi connectivity index (χ0) is 13.8. The van der Waals surface area contributed by atoms with Crippen LogP contribution in [0, 0.1) is 0 Å². The van der Waals surface area contributed by atoms with Gasteiger partial charge in [0.25, 0.3) is 0 Å². The van der Waals surface area contributed by atoms with E-state index in [4.69, 9.17) is 0 Å². The van der Waals surface area contributed by atoms with Gasteiger partial charge < -0.3 is 5.32 Å². The van der Waals surface area contributed by atoms with Gasteiger partial charge in [-0.05, 0) is 41.0 Å². The third kappa shape index (κ3) is 3.09. The molecule has 1 aromatic heterocycles. The van der Waals surface area contributed by atoms with Crippen molar-refractivity contribution in [1.29, 1.82) is 0 Å². The van der Waals surface area contributed by atoms with Crippen molar-refractivity contribution in [2.24, 2.45) is 0 Å². The second kappa shape index (κ2) is 6.68. The van der Waals surface area contributed by atoms with E-state index in [1.54, 1.807) is 0 Å². The summed E-state index contributed by atoms with van der Waals surface area (Å²) in [6, 6.07) is 8.38. The molecule has 0 aliphatic rings. The molecule has 0 saturated carbocycles. The van der Waals surface area contributed by atoms with Crippen LogP contribution in [-0.4, -0.2) is 16.8 Å². The molecule has 0 aliphatic heterocycles. The van der Waals surface area contributed by atoms with Gasteiger partial charge in [-0.15, -0.1) is 0 Å². The smallest absolute Gasteiger partial charge is 0.0768 e. The lowest BCUT2D eigenvalue weighted by molar-refractivity contribution is 0.532. The summed E-state index contributed by atoms with van der Waals surface area (Å²) in [4.78, 5) is 0. The van der Waals surface area contributed by atoms with Crippen molar-refractivity contribution < 1.29 is 0 Å². The van der Waals surface area contributed by atoms with E-state index in [9.17, 15) is 0 Å². The molecule has 0 amide bonds. The molecule has 0 saturated heterocycles. The molecule has 2 aromatic rings. The van der Waals surface area contributed by atoms with Crippen LogP contribution in [-0.2, 0) is 6.54 Å². The summed E-state index contributed by atoms with van der Waals surface area (Å²) < 4.78 is 4.20. The van der Waals surface area contributed by atoms with Gasteiger partial charge in [0.1, 0.15) is 0 Å². The number of benzene rings is 1. The molecular weight excluding hydrogens is 370 g/mol. The fourth-order valence-electron chi connectivity index (χ4n) is 2.20. The SMILES string of the molecule is CCCn1ncc(Br)c1C(NC)c1ccccc1Br. The number of halogens is 2. The first-order valence-corrected chi connectivity index (χ1v) is 7.90. The number of aromatic nitrogens is 2. The number of hydrogen-bond acceptors (Lipinski definition) is 2. The normalized spacial score (nSPS) is 12.6. The van der Waals surface area contributed by atoms with E-state index >= 15 is 0 Å². The van der Waals surface area contributed by atoms with Gasteiger partial charge >= 0.3 is 0 Å². The Hall–Kier alpha value is -0.650. The highest BCUT2D eigenvalue weighted by Crippen LogP contribution is 2.32. The van der Waals surface area contributed by atoms with Gasteiger partial charge in [0.15, 0.2) is 0 Å². The Labute approximate surface area is 130 Å². The Bertz CT molecular complexity index is 551. The zero-order valence-electron chi connectivity index (χ0n) is 11.0. The van der Waals surface area contributed by atoms with Gasteiger partial charge in [0.05, 0.1) is 22.4 Å². The van der Waals surface area contributed by atoms with E-state index in [1.807, 2.05) is 19.3 Å². The van der Waals surface area contributed by atoms with Crippen LogP contribution in [0.3, 0.4) is 0 Å². The minimum absolute atomic E-state index is 0.110. The maximum absolute atomic E-state index is 4.44. The third-order valence-electron chi connectivity index (χ3n) is 3.05. The fourth-order valence-corrected chi connectivity index (χ4v) is 3.24. The lowest BCUT2D eigenvalue weighted by Gasteiger charge is -2.20. The fraction of sp³-hybridized carbons (Fsp3) is 0.357. The first-order chi connectivity index (χ1) is 9.19. The summed E-state index contributed by atoms with van der Waals surface area (Å²) in [6.45, 7) is 3.08. The van der Waals surface area contributed by atoms with Crippen LogP contribution < -0.4 is 5.32 Å². The molecule has 1 unspecified atom stereocenters. The standard InChI is InChI=1S/C14H17Br2N3/c1-3-8-19-14(12(16)9-18-19)13(17-2)10-6-4-5-7-11(10)15/h4-7,9,13,17H,3,8H2,1-2H3. The second-order valence-electron chi connectivity index (χ2n) is 4.34. The molecule has 0 fully saturated rings. The first kappa shape index (κ1) is 14.8. The lowest BCUT2D eigenvalue weighted by Crippen LogP contribution is -2.22. The Morgan fingerprint density at radius 1 is 1.26 bits per heavy atom. The minimum Gasteiger partial charge on any atom is -0.308 e. The molecule has 19 heavy (non-hydrogen) atoms. The summed E-state index contributed by atoms with van der Waals surface area (Å²) in [7, 11) is 1.97. The Morgan fingerprint density at radius 3 is 2.63 bits per heavy atom. The number of rotatable bonds is 5. The predicted octanol–water partition coefficient (Wildman–Crippen LogP) is 4.13. The molecule has 2 rings (SSSR count). The van der Waals surface area contributed by atoms with E-state index in [-0.39, 0.29) is 6.04 Å². The topological polar surface area (TPSA) is 29.9 Å². The van der Waals surface area contributed by atoms with Crippen molar-refractivity contribution in [3.05, 3.63) is 50.7 Å². The van der Waals surface area contributed by atoms with Gasteiger partial charge in [0.2, 0.25) is 0 Å². The van der Waals surface area contributed by atoms with Crippen molar-refractivity contribution in [3.8, 4) is 0 Å². The highest BCUT2D eigenvalue weighted by atomic mass is 79.9. The van der Waals surface area contributed by atoms with Crippen LogP contribution in [0.15, 0.2) is 39.4 Å². The second-order valence-corrected chi connectivity index (χ2v) is 6.05. The molecule has 0 spiro atoms. The minimum atomic E-state index is 0.110. The van der Waals surface area contributed by atoms with E-state index in [2.05, 4.69) is 72.1 Å². The molecule has 0 bridgehead atoms. The highest BCUT2D eigenvalue weighted by Gasteiger charge is 2.21. The van der Waals surface area contributed by atoms with Crippen molar-refractivity contribution in [3.63, 3.8) is 0 Å². The molecule has 1 atom stereocenters. The molecular formula is C14H17Br2N3. The van der Waals surface area contributed by atoms with E-state index < -0.39 is 0 Å². The summed E-state index contributed by atoms with van der Waals surface area (Å²) in [5, 5.41) is 7.82. The predicted molar refractivity (Wildman–Crippen MR) is 85.3 cm³/mol. The lowest BCUT2D eigenvalue weighted by atomic mass is 10.0. The monoisotopic (exact) mass is 385 g/mol. The summed E-state index contributed by atoms with van der Waals surface area (Å²) >= 11 is 7.24. The van der Waals surface area contributed by atoms with Gasteiger partial charge in [0, 0.05) is 11.0 Å². The summed E-state index contributed by atoms with van der Waals surface area (Å²) in [5.74, 6) is 0. The summed E-state index contributed by atoms with van der Waals surface area (Å²) in [5.41, 5.74) is 2.37. The molecule has 102 valence electrons. The highest BCUT2D eigenvalue weighted by molar-refractivity contribution is 9.10. The molecule has 0 radical (unpaired) electrons. The van der Waals surface area contributed by atoms with Crippen molar-refractivity contribution in [2.45, 2.75) is 25.9 Å². The maximum Gasteiger partial charge on any atom is 0.0768 e. The van der Waals surface area contributed by atoms with Gasteiger partial charge in [-0.2, -0.15) is 5.10 Å². The molecule has 3 nitrogen and oxygen atoms in total. The van der Waals surface area contributed by atoms with Crippen LogP contribution >= 0.6 is 31.9 Å². The molecule has 1 heterocycles. The average Bonchev–Trinajstić information content (AvgIpc) is 2.75. The quantitative estimate of drug-likeness (QED) is 0.837. The first-order valence-electron chi connectivity index (χ1n) is 6.32. The van der Waals surface area contributed by atoms with Crippen molar-refractivity contribution >= 4 is 31.9 Å². The molecule has 5 heteroatoms. The molecule has 1 aromatic carbocycles. The maximum atomic E-state index is 4.44. The summed E-state index contributed by atoms with van der Waals surface area (Å²) in [6.07, 6.45) is 2.93. The van der Waals surface area contributed by atoms with E-state index in [0.717, 1.165) is 27.6 Å². The number of aryl methyl sites for hydroxylation is 1.